The van der Waals surface area contributed by atoms with Crippen LogP contribution in [0, 0.1) is 0 Å². The Hall–Kier alpha value is -1.13. The SMILES string of the molecule is CCCCCC/C=C/C(O)C(CO)NC(=O)CCCCCCCCCCC/C=C\CCCCCCCCCC. The molecule has 4 nitrogen and oxygen atoms in total. The van der Waals surface area contributed by atoms with Gasteiger partial charge in [0.2, 0.25) is 5.91 Å². The van der Waals surface area contributed by atoms with Crippen LogP contribution < -0.4 is 5.32 Å². The summed E-state index contributed by atoms with van der Waals surface area (Å²) >= 11 is 0. The molecule has 230 valence electrons. The van der Waals surface area contributed by atoms with Gasteiger partial charge in [0.15, 0.2) is 0 Å². The van der Waals surface area contributed by atoms with Crippen LogP contribution in [0.2, 0.25) is 0 Å². The van der Waals surface area contributed by atoms with Crippen LogP contribution in [0.4, 0.5) is 0 Å². The maximum atomic E-state index is 12.2. The molecule has 0 aromatic carbocycles. The van der Waals surface area contributed by atoms with Gasteiger partial charge in [-0.15, -0.1) is 0 Å². The molecule has 0 rings (SSSR count). The third-order valence-electron chi connectivity index (χ3n) is 7.68. The van der Waals surface area contributed by atoms with Crippen molar-refractivity contribution in [3.8, 4) is 0 Å². The summed E-state index contributed by atoms with van der Waals surface area (Å²) in [5.41, 5.74) is 0. The highest BCUT2D eigenvalue weighted by molar-refractivity contribution is 5.76. The van der Waals surface area contributed by atoms with Gasteiger partial charge in [-0.1, -0.05) is 147 Å². The van der Waals surface area contributed by atoms with Crippen LogP contribution in [-0.2, 0) is 4.79 Å². The largest absolute Gasteiger partial charge is 0.394 e. The van der Waals surface area contributed by atoms with Gasteiger partial charge in [0, 0.05) is 6.42 Å². The van der Waals surface area contributed by atoms with Crippen LogP contribution in [0.3, 0.4) is 0 Å². The maximum Gasteiger partial charge on any atom is 0.220 e. The van der Waals surface area contributed by atoms with E-state index in [1.54, 1.807) is 6.08 Å². The molecule has 0 fully saturated rings. The van der Waals surface area contributed by atoms with Crippen molar-refractivity contribution >= 4 is 5.91 Å². The summed E-state index contributed by atoms with van der Waals surface area (Å²) in [6, 6.07) is -0.616. The molecule has 39 heavy (non-hydrogen) atoms. The lowest BCUT2D eigenvalue weighted by atomic mass is 10.0. The van der Waals surface area contributed by atoms with Gasteiger partial charge in [0.1, 0.15) is 0 Å². The quantitative estimate of drug-likeness (QED) is 0.0617. The second-order valence-corrected chi connectivity index (χ2v) is 11.6. The summed E-state index contributed by atoms with van der Waals surface area (Å²) in [6.45, 7) is 4.22. The number of carbonyl (C=O) groups is 1. The van der Waals surface area contributed by atoms with Crippen molar-refractivity contribution in [3.05, 3.63) is 24.3 Å². The molecule has 0 spiro atoms. The minimum Gasteiger partial charge on any atom is -0.394 e. The Labute approximate surface area is 243 Å². The summed E-state index contributed by atoms with van der Waals surface area (Å²) in [5.74, 6) is -0.0729. The van der Waals surface area contributed by atoms with Crippen LogP contribution in [-0.4, -0.2) is 34.9 Å². The second kappa shape index (κ2) is 31.4. The third kappa shape index (κ3) is 28.2. The van der Waals surface area contributed by atoms with E-state index in [0.717, 1.165) is 25.7 Å². The number of rotatable bonds is 30. The van der Waals surface area contributed by atoms with Crippen LogP contribution in [0.5, 0.6) is 0 Å². The molecule has 0 aromatic heterocycles. The Morgan fingerprint density at radius 1 is 0.590 bits per heavy atom. The number of amides is 1. The predicted octanol–water partition coefficient (Wildman–Crippen LogP) is 9.73. The number of unbranched alkanes of at least 4 members (excludes halogenated alkanes) is 21. The summed E-state index contributed by atoms with van der Waals surface area (Å²) in [5, 5.41) is 22.6. The molecule has 0 heterocycles. The topological polar surface area (TPSA) is 69.6 Å². The zero-order valence-electron chi connectivity index (χ0n) is 26.2. The molecule has 3 N–H and O–H groups in total. The molecule has 0 aliphatic rings. The average molecular weight is 550 g/mol. The second-order valence-electron chi connectivity index (χ2n) is 11.6. The Morgan fingerprint density at radius 2 is 0.974 bits per heavy atom. The van der Waals surface area contributed by atoms with Gasteiger partial charge >= 0.3 is 0 Å². The monoisotopic (exact) mass is 550 g/mol. The van der Waals surface area contributed by atoms with Crippen molar-refractivity contribution in [2.45, 2.75) is 187 Å². The number of carbonyl (C=O) groups excluding carboxylic acids is 1. The minimum atomic E-state index is -0.833. The van der Waals surface area contributed by atoms with Gasteiger partial charge in [-0.25, -0.2) is 0 Å². The normalized spacial score (nSPS) is 13.4. The molecule has 0 saturated heterocycles. The van der Waals surface area contributed by atoms with Crippen LogP contribution in [0.25, 0.3) is 0 Å². The summed E-state index contributed by atoms with van der Waals surface area (Å²) < 4.78 is 0. The fourth-order valence-corrected chi connectivity index (χ4v) is 4.99. The molecule has 2 unspecified atom stereocenters. The molecule has 0 aromatic rings. The highest BCUT2D eigenvalue weighted by Crippen LogP contribution is 2.13. The van der Waals surface area contributed by atoms with Gasteiger partial charge in [-0.05, 0) is 44.9 Å². The van der Waals surface area contributed by atoms with Crippen LogP contribution in [0.15, 0.2) is 24.3 Å². The lowest BCUT2D eigenvalue weighted by Crippen LogP contribution is -2.45. The number of nitrogens with one attached hydrogen (secondary N) is 1. The summed E-state index contributed by atoms with van der Waals surface area (Å²) in [4.78, 5) is 12.2. The lowest BCUT2D eigenvalue weighted by Gasteiger charge is -2.20. The van der Waals surface area contributed by atoms with Gasteiger partial charge in [0.05, 0.1) is 18.8 Å². The standard InChI is InChI=1S/C35H67NO3/c1-3-5-7-9-11-12-13-14-15-16-17-18-19-20-21-22-23-24-25-27-29-31-35(39)36-33(32-37)34(38)30-28-26-10-8-6-4-2/h16-17,28,30,33-34,37-38H,3-15,18-27,29,31-32H2,1-2H3,(H,36,39)/b17-16-,30-28+. The van der Waals surface area contributed by atoms with Crippen molar-refractivity contribution < 1.29 is 15.0 Å². The van der Waals surface area contributed by atoms with Gasteiger partial charge in [-0.3, -0.25) is 4.79 Å². The van der Waals surface area contributed by atoms with Crippen LogP contribution >= 0.6 is 0 Å². The summed E-state index contributed by atoms with van der Waals surface area (Å²) in [7, 11) is 0. The zero-order chi connectivity index (χ0) is 28.7. The first kappa shape index (κ1) is 37.9. The summed E-state index contributed by atoms with van der Waals surface area (Å²) in [6.07, 6.45) is 38.5. The van der Waals surface area contributed by atoms with Crippen molar-refractivity contribution in [2.75, 3.05) is 6.61 Å². The first-order chi connectivity index (χ1) is 19.2. The minimum absolute atomic E-state index is 0.0729. The molecule has 0 bridgehead atoms. The van der Waals surface area contributed by atoms with Crippen molar-refractivity contribution in [2.24, 2.45) is 0 Å². The van der Waals surface area contributed by atoms with Crippen molar-refractivity contribution in [1.29, 1.82) is 0 Å². The third-order valence-corrected chi connectivity index (χ3v) is 7.68. The first-order valence-electron chi connectivity index (χ1n) is 17.1. The molecular formula is C35H67NO3. The van der Waals surface area contributed by atoms with E-state index >= 15 is 0 Å². The van der Waals surface area contributed by atoms with E-state index in [1.807, 2.05) is 6.08 Å². The van der Waals surface area contributed by atoms with E-state index in [9.17, 15) is 15.0 Å². The molecule has 0 aliphatic carbocycles. The lowest BCUT2D eigenvalue weighted by molar-refractivity contribution is -0.123. The van der Waals surface area contributed by atoms with E-state index < -0.39 is 12.1 Å². The van der Waals surface area contributed by atoms with E-state index in [2.05, 4.69) is 31.3 Å². The Balaban J connectivity index is 3.50. The highest BCUT2D eigenvalue weighted by atomic mass is 16.3. The smallest absolute Gasteiger partial charge is 0.220 e. The fraction of sp³-hybridized carbons (Fsp3) is 0.857. The number of hydrogen-bond donors (Lipinski definition) is 3. The fourth-order valence-electron chi connectivity index (χ4n) is 4.99. The molecule has 0 saturated carbocycles. The van der Waals surface area contributed by atoms with Gasteiger partial charge in [-0.2, -0.15) is 0 Å². The Bertz CT molecular complexity index is 560. The van der Waals surface area contributed by atoms with Gasteiger partial charge < -0.3 is 15.5 Å². The number of aliphatic hydroxyl groups is 2. The highest BCUT2D eigenvalue weighted by Gasteiger charge is 2.17. The number of aliphatic hydroxyl groups excluding tert-OH is 2. The first-order valence-corrected chi connectivity index (χ1v) is 17.1. The average Bonchev–Trinajstić information content (AvgIpc) is 2.94. The Kier molecular flexibility index (Phi) is 30.5. The number of allylic oxidation sites excluding steroid dienone is 3. The molecule has 0 radical (unpaired) electrons. The Morgan fingerprint density at radius 3 is 1.44 bits per heavy atom. The molecule has 1 amide bonds. The predicted molar refractivity (Wildman–Crippen MR) is 170 cm³/mol. The van der Waals surface area contributed by atoms with Crippen molar-refractivity contribution in [3.63, 3.8) is 0 Å². The molecule has 2 atom stereocenters. The maximum absolute atomic E-state index is 12.2. The molecular weight excluding hydrogens is 482 g/mol. The molecule has 4 heteroatoms. The van der Waals surface area contributed by atoms with Gasteiger partial charge in [0.25, 0.3) is 0 Å². The van der Waals surface area contributed by atoms with E-state index in [4.69, 9.17) is 0 Å². The molecule has 0 aliphatic heterocycles. The van der Waals surface area contributed by atoms with Crippen molar-refractivity contribution in [1.82, 2.24) is 5.32 Å². The zero-order valence-corrected chi connectivity index (χ0v) is 26.2. The van der Waals surface area contributed by atoms with E-state index in [-0.39, 0.29) is 12.5 Å². The number of hydrogen-bond acceptors (Lipinski definition) is 3. The van der Waals surface area contributed by atoms with E-state index in [1.165, 1.54) is 128 Å². The van der Waals surface area contributed by atoms with E-state index in [0.29, 0.717) is 6.42 Å². The van der Waals surface area contributed by atoms with Crippen LogP contribution in [0.1, 0.15) is 174 Å².